The molecule has 3 unspecified atom stereocenters. The lowest BCUT2D eigenvalue weighted by atomic mass is 9.79. The van der Waals surface area contributed by atoms with Gasteiger partial charge >= 0.3 is 0 Å². The molecule has 12 heavy (non-hydrogen) atoms. The van der Waals surface area contributed by atoms with Crippen molar-refractivity contribution in [1.82, 2.24) is 5.32 Å². The number of primary amides is 1. The van der Waals surface area contributed by atoms with Crippen LogP contribution in [0.1, 0.15) is 26.2 Å². The van der Waals surface area contributed by atoms with E-state index in [1.807, 2.05) is 7.05 Å². The summed E-state index contributed by atoms with van der Waals surface area (Å²) in [6, 6.07) is 0.570. The van der Waals surface area contributed by atoms with Crippen LogP contribution in [0.25, 0.3) is 0 Å². The lowest BCUT2D eigenvalue weighted by Crippen LogP contribution is -2.40. The highest BCUT2D eigenvalue weighted by molar-refractivity contribution is 5.76. The third kappa shape index (κ3) is 1.97. The molecule has 0 saturated heterocycles. The predicted molar refractivity (Wildman–Crippen MR) is 48.5 cm³/mol. The maximum Gasteiger partial charge on any atom is 0.220 e. The average molecular weight is 170 g/mol. The highest BCUT2D eigenvalue weighted by Crippen LogP contribution is 2.28. The lowest BCUT2D eigenvalue weighted by Gasteiger charge is -2.32. The molecule has 3 heteroatoms. The Morgan fingerprint density at radius 3 is 2.58 bits per heavy atom. The summed E-state index contributed by atoms with van der Waals surface area (Å²) >= 11 is 0. The molecule has 0 aromatic carbocycles. The molecule has 1 amide bonds. The van der Waals surface area contributed by atoms with E-state index in [1.54, 1.807) is 0 Å². The SMILES string of the molecule is CNC1CCC(C(N)=O)CC1C. The number of nitrogens with one attached hydrogen (secondary N) is 1. The molecule has 1 fully saturated rings. The third-order valence-corrected chi connectivity index (χ3v) is 2.94. The Labute approximate surface area is 73.7 Å². The summed E-state index contributed by atoms with van der Waals surface area (Å²) in [7, 11) is 1.98. The second kappa shape index (κ2) is 3.90. The first kappa shape index (κ1) is 9.52. The third-order valence-electron chi connectivity index (χ3n) is 2.94. The number of carbonyl (C=O) groups excluding carboxylic acids is 1. The fourth-order valence-corrected chi connectivity index (χ4v) is 2.08. The average Bonchev–Trinajstić information content (AvgIpc) is 2.04. The van der Waals surface area contributed by atoms with Gasteiger partial charge in [-0.2, -0.15) is 0 Å². The Hall–Kier alpha value is -0.570. The molecule has 3 nitrogen and oxygen atoms in total. The number of hydrogen-bond donors (Lipinski definition) is 2. The summed E-state index contributed by atoms with van der Waals surface area (Å²) in [5.74, 6) is 0.558. The van der Waals surface area contributed by atoms with Gasteiger partial charge in [0.05, 0.1) is 0 Å². The molecule has 0 aromatic rings. The molecular weight excluding hydrogens is 152 g/mol. The summed E-state index contributed by atoms with van der Waals surface area (Å²) in [5, 5.41) is 3.26. The van der Waals surface area contributed by atoms with E-state index in [4.69, 9.17) is 5.73 Å². The highest BCUT2D eigenvalue weighted by Gasteiger charge is 2.28. The molecule has 1 rings (SSSR count). The molecule has 0 heterocycles. The largest absolute Gasteiger partial charge is 0.369 e. The van der Waals surface area contributed by atoms with Crippen LogP contribution in [0.2, 0.25) is 0 Å². The number of amides is 1. The van der Waals surface area contributed by atoms with E-state index in [9.17, 15) is 4.79 Å². The fourth-order valence-electron chi connectivity index (χ4n) is 2.08. The first-order valence-electron chi connectivity index (χ1n) is 4.61. The van der Waals surface area contributed by atoms with E-state index in [2.05, 4.69) is 12.2 Å². The Morgan fingerprint density at radius 1 is 1.50 bits per heavy atom. The van der Waals surface area contributed by atoms with Crippen molar-refractivity contribution >= 4 is 5.91 Å². The Morgan fingerprint density at radius 2 is 2.17 bits per heavy atom. The van der Waals surface area contributed by atoms with Gasteiger partial charge in [-0.1, -0.05) is 6.92 Å². The molecule has 1 saturated carbocycles. The lowest BCUT2D eigenvalue weighted by molar-refractivity contribution is -0.123. The number of carbonyl (C=O) groups is 1. The highest BCUT2D eigenvalue weighted by atomic mass is 16.1. The van der Waals surface area contributed by atoms with Crippen LogP contribution in [0.3, 0.4) is 0 Å². The summed E-state index contributed by atoms with van der Waals surface area (Å²) in [5.41, 5.74) is 5.26. The number of nitrogens with two attached hydrogens (primary N) is 1. The zero-order valence-electron chi connectivity index (χ0n) is 7.84. The fraction of sp³-hybridized carbons (Fsp3) is 0.889. The van der Waals surface area contributed by atoms with Crippen molar-refractivity contribution in [3.63, 3.8) is 0 Å². The molecular formula is C9H18N2O. The molecule has 3 atom stereocenters. The monoisotopic (exact) mass is 170 g/mol. The second-order valence-electron chi connectivity index (χ2n) is 3.78. The summed E-state index contributed by atoms with van der Waals surface area (Å²) in [6.07, 6.45) is 2.97. The van der Waals surface area contributed by atoms with Crippen molar-refractivity contribution in [2.45, 2.75) is 32.2 Å². The van der Waals surface area contributed by atoms with E-state index in [0.717, 1.165) is 19.3 Å². The van der Waals surface area contributed by atoms with E-state index < -0.39 is 0 Å². The van der Waals surface area contributed by atoms with E-state index in [0.29, 0.717) is 12.0 Å². The molecule has 0 aliphatic heterocycles. The van der Waals surface area contributed by atoms with Gasteiger partial charge in [-0.15, -0.1) is 0 Å². The van der Waals surface area contributed by atoms with Crippen LogP contribution in [-0.2, 0) is 4.79 Å². The zero-order valence-corrected chi connectivity index (χ0v) is 7.84. The molecule has 3 N–H and O–H groups in total. The molecule has 0 aromatic heterocycles. The van der Waals surface area contributed by atoms with Crippen LogP contribution in [0, 0.1) is 11.8 Å². The predicted octanol–water partition coefficient (Wildman–Crippen LogP) is 0.496. The first-order chi connectivity index (χ1) is 5.65. The topological polar surface area (TPSA) is 55.1 Å². The van der Waals surface area contributed by atoms with Crippen LogP contribution < -0.4 is 11.1 Å². The Balaban J connectivity index is 2.46. The smallest absolute Gasteiger partial charge is 0.220 e. The standard InChI is InChI=1S/C9H18N2O/c1-6-5-7(9(10)12)3-4-8(6)11-2/h6-8,11H,3-5H2,1-2H3,(H2,10,12). The van der Waals surface area contributed by atoms with Crippen LogP contribution >= 0.6 is 0 Å². The molecule has 1 aliphatic rings. The molecule has 0 spiro atoms. The van der Waals surface area contributed by atoms with Crippen LogP contribution in [0.15, 0.2) is 0 Å². The van der Waals surface area contributed by atoms with Crippen molar-refractivity contribution in [3.05, 3.63) is 0 Å². The van der Waals surface area contributed by atoms with E-state index in [-0.39, 0.29) is 11.8 Å². The van der Waals surface area contributed by atoms with Gasteiger partial charge in [-0.25, -0.2) is 0 Å². The molecule has 0 radical (unpaired) electrons. The van der Waals surface area contributed by atoms with Crippen LogP contribution in [-0.4, -0.2) is 19.0 Å². The molecule has 0 bridgehead atoms. The van der Waals surface area contributed by atoms with Gasteiger partial charge in [0.1, 0.15) is 0 Å². The van der Waals surface area contributed by atoms with Crippen LogP contribution in [0.5, 0.6) is 0 Å². The Bertz CT molecular complexity index is 170. The van der Waals surface area contributed by atoms with Crippen LogP contribution in [0.4, 0.5) is 0 Å². The van der Waals surface area contributed by atoms with E-state index >= 15 is 0 Å². The summed E-state index contributed by atoms with van der Waals surface area (Å²) < 4.78 is 0. The van der Waals surface area contributed by atoms with Crippen molar-refractivity contribution < 1.29 is 4.79 Å². The quantitative estimate of drug-likeness (QED) is 0.634. The van der Waals surface area contributed by atoms with Gasteiger partial charge in [0, 0.05) is 12.0 Å². The van der Waals surface area contributed by atoms with Gasteiger partial charge in [0.2, 0.25) is 5.91 Å². The number of rotatable bonds is 2. The van der Waals surface area contributed by atoms with Gasteiger partial charge in [-0.3, -0.25) is 4.79 Å². The van der Waals surface area contributed by atoms with Crippen molar-refractivity contribution in [3.8, 4) is 0 Å². The first-order valence-corrected chi connectivity index (χ1v) is 4.61. The van der Waals surface area contributed by atoms with Gasteiger partial charge in [0.15, 0.2) is 0 Å². The van der Waals surface area contributed by atoms with Gasteiger partial charge in [-0.05, 0) is 32.2 Å². The van der Waals surface area contributed by atoms with Crippen molar-refractivity contribution in [2.24, 2.45) is 17.6 Å². The summed E-state index contributed by atoms with van der Waals surface area (Å²) in [4.78, 5) is 10.9. The minimum absolute atomic E-state index is 0.115. The zero-order chi connectivity index (χ0) is 9.14. The normalized spacial score (nSPS) is 36.3. The van der Waals surface area contributed by atoms with Gasteiger partial charge < -0.3 is 11.1 Å². The van der Waals surface area contributed by atoms with Gasteiger partial charge in [0.25, 0.3) is 0 Å². The summed E-state index contributed by atoms with van der Waals surface area (Å²) in [6.45, 7) is 2.18. The van der Waals surface area contributed by atoms with E-state index in [1.165, 1.54) is 0 Å². The van der Waals surface area contributed by atoms with Crippen molar-refractivity contribution in [2.75, 3.05) is 7.05 Å². The maximum atomic E-state index is 10.9. The molecule has 70 valence electrons. The number of hydrogen-bond acceptors (Lipinski definition) is 2. The van der Waals surface area contributed by atoms with Crippen molar-refractivity contribution in [1.29, 1.82) is 0 Å². The Kier molecular flexibility index (Phi) is 3.09. The maximum absolute atomic E-state index is 10.9. The minimum atomic E-state index is -0.128. The second-order valence-corrected chi connectivity index (χ2v) is 3.78. The molecule has 1 aliphatic carbocycles. The minimum Gasteiger partial charge on any atom is -0.369 e.